The molecule has 106 valence electrons. The summed E-state index contributed by atoms with van der Waals surface area (Å²) in [5.41, 5.74) is 5.89. The molecule has 0 saturated carbocycles. The van der Waals surface area contributed by atoms with Crippen molar-refractivity contribution in [2.45, 2.75) is 19.8 Å². The first-order valence-electron chi connectivity index (χ1n) is 6.01. The molecule has 19 heavy (non-hydrogen) atoms. The molecule has 0 bridgehead atoms. The summed E-state index contributed by atoms with van der Waals surface area (Å²) in [7, 11) is -3.60. The van der Waals surface area contributed by atoms with Crippen molar-refractivity contribution in [2.24, 2.45) is 11.7 Å². The van der Waals surface area contributed by atoms with Crippen LogP contribution in [0.3, 0.4) is 0 Å². The molecule has 1 aliphatic rings. The number of hydrogen-bond donors (Lipinski definition) is 3. The molecular weight excluding hydrogens is 286 g/mol. The predicted octanol–water partition coefficient (Wildman–Crippen LogP) is 0.433. The Labute approximate surface area is 117 Å². The van der Waals surface area contributed by atoms with Gasteiger partial charge >= 0.3 is 10.2 Å². The summed E-state index contributed by atoms with van der Waals surface area (Å²) < 4.78 is 28.4. The van der Waals surface area contributed by atoms with Crippen LogP contribution in [0, 0.1) is 5.92 Å². The molecule has 0 aliphatic carbocycles. The number of hydrogen-bond acceptors (Lipinski definition) is 4. The largest absolute Gasteiger partial charge is 0.389 e. The molecule has 1 unspecified atom stereocenters. The van der Waals surface area contributed by atoms with Crippen LogP contribution in [0.15, 0.2) is 6.20 Å². The van der Waals surface area contributed by atoms with Gasteiger partial charge < -0.3 is 5.73 Å². The van der Waals surface area contributed by atoms with Crippen LogP contribution in [0.5, 0.6) is 0 Å². The number of rotatable bonds is 4. The van der Waals surface area contributed by atoms with E-state index < -0.39 is 10.2 Å². The van der Waals surface area contributed by atoms with E-state index in [1.165, 1.54) is 10.5 Å². The lowest BCUT2D eigenvalue weighted by atomic mass is 10.0. The van der Waals surface area contributed by atoms with Crippen molar-refractivity contribution in [1.29, 1.82) is 0 Å². The third kappa shape index (κ3) is 3.23. The Morgan fingerprint density at radius 2 is 2.42 bits per heavy atom. The van der Waals surface area contributed by atoms with Crippen LogP contribution in [0.2, 0.25) is 0 Å². The Kier molecular flexibility index (Phi) is 4.07. The lowest BCUT2D eigenvalue weighted by Crippen LogP contribution is -2.42. The molecule has 1 aliphatic heterocycles. The average molecular weight is 303 g/mol. The first kappa shape index (κ1) is 14.2. The zero-order valence-corrected chi connectivity index (χ0v) is 12.2. The predicted molar refractivity (Wildman–Crippen MR) is 77.0 cm³/mol. The van der Waals surface area contributed by atoms with Crippen molar-refractivity contribution in [2.75, 3.05) is 17.8 Å². The molecule has 2 rings (SSSR count). The van der Waals surface area contributed by atoms with Crippen molar-refractivity contribution in [3.63, 3.8) is 0 Å². The number of aromatic nitrogens is 2. The van der Waals surface area contributed by atoms with Gasteiger partial charge in [-0.25, -0.2) is 0 Å². The van der Waals surface area contributed by atoms with Gasteiger partial charge in [0, 0.05) is 13.1 Å². The van der Waals surface area contributed by atoms with Gasteiger partial charge in [-0.2, -0.15) is 17.8 Å². The van der Waals surface area contributed by atoms with E-state index >= 15 is 0 Å². The highest BCUT2D eigenvalue weighted by atomic mass is 32.2. The normalized spacial score (nSPS) is 21.2. The Balaban J connectivity index is 2.16. The maximum absolute atomic E-state index is 12.3. The summed E-state index contributed by atoms with van der Waals surface area (Å²) in [5, 5.41) is 6.31. The molecular formula is C10H17N5O2S2. The highest BCUT2D eigenvalue weighted by Gasteiger charge is 2.28. The zero-order valence-electron chi connectivity index (χ0n) is 10.6. The van der Waals surface area contributed by atoms with E-state index in [2.05, 4.69) is 14.9 Å². The van der Waals surface area contributed by atoms with Crippen LogP contribution in [-0.2, 0) is 10.2 Å². The third-order valence-electron chi connectivity index (χ3n) is 3.10. The van der Waals surface area contributed by atoms with E-state index in [0.29, 0.717) is 24.6 Å². The van der Waals surface area contributed by atoms with E-state index in [1.807, 2.05) is 6.92 Å². The highest BCUT2D eigenvalue weighted by Crippen LogP contribution is 2.20. The Bertz CT molecular complexity index is 568. The fraction of sp³-hybridized carbons (Fsp3) is 0.600. The molecule has 0 aromatic carbocycles. The summed E-state index contributed by atoms with van der Waals surface area (Å²) >= 11 is 4.84. The molecule has 1 aromatic heterocycles. The van der Waals surface area contributed by atoms with Crippen molar-refractivity contribution < 1.29 is 8.42 Å². The summed E-state index contributed by atoms with van der Waals surface area (Å²) in [6.07, 6.45) is 3.32. The van der Waals surface area contributed by atoms with Crippen LogP contribution in [-0.4, -0.2) is 41.0 Å². The minimum Gasteiger partial charge on any atom is -0.389 e. The van der Waals surface area contributed by atoms with Crippen molar-refractivity contribution >= 4 is 33.2 Å². The minimum atomic E-state index is -3.60. The van der Waals surface area contributed by atoms with Crippen LogP contribution >= 0.6 is 12.2 Å². The van der Waals surface area contributed by atoms with Crippen molar-refractivity contribution in [3.05, 3.63) is 11.8 Å². The number of aromatic amines is 1. The SMILES string of the molecule is CC1CCCN(S(=O)(=O)Nc2[nH]ncc2C(N)=S)C1. The van der Waals surface area contributed by atoms with Gasteiger partial charge in [-0.3, -0.25) is 9.82 Å². The van der Waals surface area contributed by atoms with Gasteiger partial charge in [0.2, 0.25) is 0 Å². The monoisotopic (exact) mass is 303 g/mol. The first-order chi connectivity index (χ1) is 8.90. The van der Waals surface area contributed by atoms with Gasteiger partial charge in [-0.15, -0.1) is 0 Å². The summed E-state index contributed by atoms with van der Waals surface area (Å²) in [6, 6.07) is 0. The number of anilines is 1. The quantitative estimate of drug-likeness (QED) is 0.700. The number of nitrogens with zero attached hydrogens (tertiary/aromatic N) is 2. The number of nitrogens with two attached hydrogens (primary N) is 1. The summed E-state index contributed by atoms with van der Waals surface area (Å²) in [5.74, 6) is 0.577. The topological polar surface area (TPSA) is 104 Å². The number of thiocarbonyl (C=S) groups is 1. The number of piperidine rings is 1. The van der Waals surface area contributed by atoms with E-state index in [1.54, 1.807) is 0 Å². The van der Waals surface area contributed by atoms with Crippen molar-refractivity contribution in [1.82, 2.24) is 14.5 Å². The van der Waals surface area contributed by atoms with Crippen LogP contribution < -0.4 is 10.5 Å². The van der Waals surface area contributed by atoms with Gasteiger partial charge in [0.15, 0.2) is 0 Å². The third-order valence-corrected chi connectivity index (χ3v) is 4.79. The molecule has 0 spiro atoms. The minimum absolute atomic E-state index is 0.0958. The van der Waals surface area contributed by atoms with Crippen LogP contribution in [0.25, 0.3) is 0 Å². The number of nitrogens with one attached hydrogen (secondary N) is 2. The fourth-order valence-electron chi connectivity index (χ4n) is 2.11. The maximum atomic E-state index is 12.3. The molecule has 9 heteroatoms. The molecule has 4 N–H and O–H groups in total. The summed E-state index contributed by atoms with van der Waals surface area (Å²) in [4.78, 5) is 0.0958. The van der Waals surface area contributed by atoms with Gasteiger partial charge in [-0.1, -0.05) is 19.1 Å². The standard InChI is InChI=1S/C10H17N5O2S2/c1-7-3-2-4-15(6-7)19(16,17)14-10-8(9(11)18)5-12-13-10/h5,7H,2-4,6H2,1H3,(H2,11,18)(H2,12,13,14). The molecule has 1 aromatic rings. The second-order valence-corrected chi connectivity index (χ2v) is 6.85. The smallest absolute Gasteiger partial charge is 0.302 e. The van der Waals surface area contributed by atoms with Crippen LogP contribution in [0.1, 0.15) is 25.3 Å². The Hall–Kier alpha value is -1.19. The van der Waals surface area contributed by atoms with E-state index in [9.17, 15) is 8.42 Å². The fourth-order valence-corrected chi connectivity index (χ4v) is 3.63. The van der Waals surface area contributed by atoms with Gasteiger partial charge in [-0.05, 0) is 18.8 Å². The van der Waals surface area contributed by atoms with E-state index in [4.69, 9.17) is 18.0 Å². The molecule has 1 fully saturated rings. The van der Waals surface area contributed by atoms with Gasteiger partial charge in [0.1, 0.15) is 10.8 Å². The molecule has 1 atom stereocenters. The van der Waals surface area contributed by atoms with Gasteiger partial charge in [0.25, 0.3) is 0 Å². The molecule has 1 saturated heterocycles. The average Bonchev–Trinajstić information content (AvgIpc) is 2.76. The lowest BCUT2D eigenvalue weighted by Gasteiger charge is -2.29. The molecule has 7 nitrogen and oxygen atoms in total. The van der Waals surface area contributed by atoms with E-state index in [-0.39, 0.29) is 10.8 Å². The number of H-pyrrole nitrogens is 1. The first-order valence-corrected chi connectivity index (χ1v) is 7.86. The second-order valence-electron chi connectivity index (χ2n) is 4.74. The second kappa shape index (κ2) is 5.43. The van der Waals surface area contributed by atoms with E-state index in [0.717, 1.165) is 12.8 Å². The van der Waals surface area contributed by atoms with Crippen LogP contribution in [0.4, 0.5) is 5.82 Å². The van der Waals surface area contributed by atoms with Crippen molar-refractivity contribution in [3.8, 4) is 0 Å². The Morgan fingerprint density at radius 3 is 3.05 bits per heavy atom. The lowest BCUT2D eigenvalue weighted by molar-refractivity contribution is 0.282. The highest BCUT2D eigenvalue weighted by molar-refractivity contribution is 7.90. The Morgan fingerprint density at radius 1 is 1.68 bits per heavy atom. The molecule has 0 radical (unpaired) electrons. The zero-order chi connectivity index (χ0) is 14.0. The molecule has 0 amide bonds. The maximum Gasteiger partial charge on any atom is 0.302 e. The summed E-state index contributed by atoms with van der Waals surface area (Å²) in [6.45, 7) is 3.08. The van der Waals surface area contributed by atoms with Gasteiger partial charge in [0.05, 0.1) is 11.8 Å². The molecule has 2 heterocycles.